The highest BCUT2D eigenvalue weighted by atomic mass is 35.5. The number of nitrogens with zero attached hydrogens (tertiary/aromatic N) is 2. The number of fused-ring (bicyclic) bond motifs is 1. The summed E-state index contributed by atoms with van der Waals surface area (Å²) in [5.74, 6) is -0.187. The molecule has 0 saturated heterocycles. The van der Waals surface area contributed by atoms with Gasteiger partial charge >= 0.3 is 5.97 Å². The Kier molecular flexibility index (Phi) is 7.77. The average Bonchev–Trinajstić information content (AvgIpc) is 2.76. The average molecular weight is 519 g/mol. The molecule has 1 aliphatic heterocycles. The Hall–Kier alpha value is -3.09. The van der Waals surface area contributed by atoms with Gasteiger partial charge < -0.3 is 14.3 Å². The summed E-state index contributed by atoms with van der Waals surface area (Å²) in [5.41, 5.74) is 0.272. The second-order valence-corrected chi connectivity index (χ2v) is 11.6. The Labute approximate surface area is 210 Å². The third-order valence-corrected chi connectivity index (χ3v) is 7.43. The van der Waals surface area contributed by atoms with Crippen LogP contribution in [-0.2, 0) is 30.8 Å². The van der Waals surface area contributed by atoms with E-state index in [1.54, 1.807) is 39.0 Å². The minimum Gasteiger partial charge on any atom is -0.486 e. The fourth-order valence-corrected chi connectivity index (χ4v) is 5.65. The molecule has 10 heteroatoms. The highest BCUT2D eigenvalue weighted by molar-refractivity contribution is 7.93. The predicted octanol–water partition coefficient (Wildman–Crippen LogP) is 4.42. The lowest BCUT2D eigenvalue weighted by Gasteiger charge is -2.36. The maximum atomic E-state index is 13.8. The Morgan fingerprint density at radius 1 is 1.23 bits per heavy atom. The molecule has 0 bridgehead atoms. The molecule has 0 aromatic heterocycles. The number of benzene rings is 2. The second kappa shape index (κ2) is 10.3. The third-order valence-electron chi connectivity index (χ3n) is 5.17. The summed E-state index contributed by atoms with van der Waals surface area (Å²) in [4.78, 5) is 23.6. The topological polar surface area (TPSA) is 114 Å². The largest absolute Gasteiger partial charge is 0.486 e. The smallest absolute Gasteiger partial charge is 0.310 e. The van der Waals surface area contributed by atoms with Crippen molar-refractivity contribution in [3.63, 3.8) is 0 Å². The SMILES string of the molecule is CC(=O)CC[C@H]1CN(S(=O)(=O)c2cc(C#N)ccc2Cl)c2cc(CC(=O)OC(C)(C)C)ccc2O1. The summed E-state index contributed by atoms with van der Waals surface area (Å²) in [5, 5.41) is 9.23. The Morgan fingerprint density at radius 3 is 2.57 bits per heavy atom. The fraction of sp³-hybridized carbons (Fsp3) is 0.400. The maximum absolute atomic E-state index is 13.8. The van der Waals surface area contributed by atoms with Crippen molar-refractivity contribution in [3.8, 4) is 11.8 Å². The van der Waals surface area contributed by atoms with E-state index in [1.165, 1.54) is 25.1 Å². The zero-order chi connectivity index (χ0) is 26.0. The molecule has 0 N–H and O–H groups in total. The number of halogens is 1. The van der Waals surface area contributed by atoms with Gasteiger partial charge in [-0.3, -0.25) is 9.10 Å². The first-order valence-electron chi connectivity index (χ1n) is 11.0. The molecule has 0 amide bonds. The number of ether oxygens (including phenoxy) is 2. The Bertz CT molecular complexity index is 1290. The molecular weight excluding hydrogens is 492 g/mol. The van der Waals surface area contributed by atoms with Crippen LogP contribution < -0.4 is 9.04 Å². The Morgan fingerprint density at radius 2 is 1.94 bits per heavy atom. The van der Waals surface area contributed by atoms with E-state index in [2.05, 4.69) is 0 Å². The van der Waals surface area contributed by atoms with Gasteiger partial charge in [-0.05, 0) is 70.0 Å². The zero-order valence-electron chi connectivity index (χ0n) is 20.0. The summed E-state index contributed by atoms with van der Waals surface area (Å²) in [6.07, 6.45) is -0.0747. The summed E-state index contributed by atoms with van der Waals surface area (Å²) >= 11 is 6.23. The third kappa shape index (κ3) is 6.53. The number of sulfonamides is 1. The molecule has 0 spiro atoms. The lowest BCUT2D eigenvalue weighted by atomic mass is 10.1. The molecule has 0 fully saturated rings. The van der Waals surface area contributed by atoms with Gasteiger partial charge in [-0.25, -0.2) is 8.42 Å². The van der Waals surface area contributed by atoms with Crippen LogP contribution in [0.1, 0.15) is 51.7 Å². The molecule has 1 atom stereocenters. The Balaban J connectivity index is 2.05. The molecule has 0 aliphatic carbocycles. The van der Waals surface area contributed by atoms with E-state index in [0.29, 0.717) is 17.7 Å². The summed E-state index contributed by atoms with van der Waals surface area (Å²) in [6, 6.07) is 10.8. The molecule has 1 heterocycles. The molecule has 8 nitrogen and oxygen atoms in total. The number of esters is 1. The van der Waals surface area contributed by atoms with Crippen molar-refractivity contribution in [2.24, 2.45) is 0 Å². The van der Waals surface area contributed by atoms with Crippen molar-refractivity contribution in [1.29, 1.82) is 5.26 Å². The number of hydrogen-bond acceptors (Lipinski definition) is 7. The second-order valence-electron chi connectivity index (χ2n) is 9.34. The number of carbonyl (C=O) groups is 2. The molecule has 3 rings (SSSR count). The van der Waals surface area contributed by atoms with Gasteiger partial charge in [0.25, 0.3) is 10.0 Å². The number of nitriles is 1. The minimum absolute atomic E-state index is 0.0257. The van der Waals surface area contributed by atoms with Gasteiger partial charge in [0.1, 0.15) is 28.1 Å². The van der Waals surface area contributed by atoms with Crippen molar-refractivity contribution >= 4 is 39.1 Å². The standard InChI is InChI=1S/C25H27ClN2O6S/c1-16(29)5-8-19-15-28(35(31,32)23-12-18(14-27)6-9-20(23)26)21-11-17(7-10-22(21)33-19)13-24(30)34-25(2,3)4/h6-7,9-12,19H,5,8,13,15H2,1-4H3/t19-/m0/s1. The van der Waals surface area contributed by atoms with Gasteiger partial charge in [0.2, 0.25) is 0 Å². The van der Waals surface area contributed by atoms with E-state index >= 15 is 0 Å². The van der Waals surface area contributed by atoms with Crippen LogP contribution in [0.25, 0.3) is 0 Å². The van der Waals surface area contributed by atoms with Gasteiger partial charge in [-0.1, -0.05) is 17.7 Å². The molecule has 2 aromatic carbocycles. The number of carbonyl (C=O) groups excluding carboxylic acids is 2. The van der Waals surface area contributed by atoms with E-state index in [0.717, 1.165) is 4.31 Å². The molecule has 1 aliphatic rings. The van der Waals surface area contributed by atoms with E-state index in [9.17, 15) is 23.3 Å². The fourth-order valence-electron chi connectivity index (χ4n) is 3.64. The first-order valence-corrected chi connectivity index (χ1v) is 12.9. The molecule has 2 aromatic rings. The van der Waals surface area contributed by atoms with Crippen LogP contribution in [0, 0.1) is 11.3 Å². The van der Waals surface area contributed by atoms with E-state index in [4.69, 9.17) is 21.1 Å². The van der Waals surface area contributed by atoms with Crippen LogP contribution in [0.3, 0.4) is 0 Å². The first-order chi connectivity index (χ1) is 16.3. The van der Waals surface area contributed by atoms with Crippen LogP contribution in [0.4, 0.5) is 5.69 Å². The number of rotatable bonds is 7. The van der Waals surface area contributed by atoms with E-state index < -0.39 is 27.7 Å². The van der Waals surface area contributed by atoms with Gasteiger partial charge in [-0.15, -0.1) is 0 Å². The molecule has 186 valence electrons. The summed E-state index contributed by atoms with van der Waals surface area (Å²) in [6.45, 7) is 6.69. The lowest BCUT2D eigenvalue weighted by Crippen LogP contribution is -2.43. The van der Waals surface area contributed by atoms with Crippen molar-refractivity contribution in [2.45, 2.75) is 63.6 Å². The van der Waals surface area contributed by atoms with E-state index in [1.807, 2.05) is 6.07 Å². The van der Waals surface area contributed by atoms with Crippen molar-refractivity contribution in [3.05, 3.63) is 52.5 Å². The van der Waals surface area contributed by atoms with Gasteiger partial charge in [-0.2, -0.15) is 5.26 Å². The number of hydrogen-bond donors (Lipinski definition) is 0. The first kappa shape index (κ1) is 26.5. The number of ketones is 1. The van der Waals surface area contributed by atoms with Crippen LogP contribution in [0.5, 0.6) is 5.75 Å². The van der Waals surface area contributed by atoms with Crippen LogP contribution >= 0.6 is 11.6 Å². The maximum Gasteiger partial charge on any atom is 0.310 e. The normalized spacial score (nSPS) is 15.5. The quantitative estimate of drug-likeness (QED) is 0.498. The molecule has 0 radical (unpaired) electrons. The van der Waals surface area contributed by atoms with Crippen LogP contribution in [0.2, 0.25) is 5.02 Å². The van der Waals surface area contributed by atoms with Crippen molar-refractivity contribution < 1.29 is 27.5 Å². The van der Waals surface area contributed by atoms with Crippen LogP contribution in [-0.4, -0.2) is 38.4 Å². The van der Waals surface area contributed by atoms with Crippen molar-refractivity contribution in [2.75, 3.05) is 10.8 Å². The molecule has 0 unspecified atom stereocenters. The van der Waals surface area contributed by atoms with Gasteiger partial charge in [0, 0.05) is 6.42 Å². The molecule has 0 saturated carbocycles. The number of anilines is 1. The summed E-state index contributed by atoms with van der Waals surface area (Å²) < 4.78 is 40.1. The number of Topliss-reactive ketones (excluding diaryl/α,β-unsaturated/α-hetero) is 1. The van der Waals surface area contributed by atoms with Crippen molar-refractivity contribution in [1.82, 2.24) is 0 Å². The minimum atomic E-state index is -4.22. The van der Waals surface area contributed by atoms with Gasteiger partial charge in [0.05, 0.1) is 35.3 Å². The highest BCUT2D eigenvalue weighted by Crippen LogP contribution is 2.40. The highest BCUT2D eigenvalue weighted by Gasteiger charge is 2.36. The van der Waals surface area contributed by atoms with Gasteiger partial charge in [0.15, 0.2) is 0 Å². The summed E-state index contributed by atoms with van der Waals surface area (Å²) in [7, 11) is -4.22. The van der Waals surface area contributed by atoms with Crippen LogP contribution in [0.15, 0.2) is 41.3 Å². The lowest BCUT2D eigenvalue weighted by molar-refractivity contribution is -0.153. The predicted molar refractivity (Wildman–Crippen MR) is 131 cm³/mol. The molecule has 35 heavy (non-hydrogen) atoms. The molecular formula is C25H27ClN2O6S. The van der Waals surface area contributed by atoms with E-state index in [-0.39, 0.29) is 46.3 Å². The zero-order valence-corrected chi connectivity index (χ0v) is 21.6. The monoisotopic (exact) mass is 518 g/mol.